The van der Waals surface area contributed by atoms with Gasteiger partial charge in [0.1, 0.15) is 11.9 Å². The first kappa shape index (κ1) is 30.7. The molecule has 218 valence electrons. The van der Waals surface area contributed by atoms with Gasteiger partial charge in [-0.15, -0.1) is 0 Å². The summed E-state index contributed by atoms with van der Waals surface area (Å²) in [5, 5.41) is 13.8. The van der Waals surface area contributed by atoms with Crippen LogP contribution in [-0.4, -0.2) is 33.3 Å². The van der Waals surface area contributed by atoms with Crippen LogP contribution in [0.3, 0.4) is 0 Å². The number of rotatable bonds is 11. The molecule has 5 N–H and O–H groups in total. The summed E-state index contributed by atoms with van der Waals surface area (Å²) in [5.74, 6) is -0.426. The molecular weight excluding hydrogens is 552 g/mol. The van der Waals surface area contributed by atoms with Gasteiger partial charge in [0, 0.05) is 36.2 Å². The van der Waals surface area contributed by atoms with E-state index < -0.39 is 5.97 Å². The van der Waals surface area contributed by atoms with E-state index in [0.29, 0.717) is 34.0 Å². The van der Waals surface area contributed by atoms with E-state index in [9.17, 15) is 4.79 Å². The number of benzene rings is 3. The molecule has 0 amide bonds. The number of halogens is 1. The Hall–Kier alpha value is -4.24. The third kappa shape index (κ3) is 8.63. The van der Waals surface area contributed by atoms with Crippen molar-refractivity contribution in [3.8, 4) is 5.75 Å². The highest BCUT2D eigenvalue weighted by atomic mass is 35.5. The summed E-state index contributed by atoms with van der Waals surface area (Å²) in [4.78, 5) is 14.9. The topological polar surface area (TPSA) is 137 Å². The molecule has 5 rings (SSSR count). The summed E-state index contributed by atoms with van der Waals surface area (Å²) in [6, 6.07) is 29.5. The second-order valence-corrected chi connectivity index (χ2v) is 10.6. The lowest BCUT2D eigenvalue weighted by Gasteiger charge is -2.28. The SMILES string of the molecule is C[C@@H](Oc1cc2onc(CCC(=O)O)c2cc1Cl)c1ccccn1.NCC(N)(Cc1ccccc1)Cc1ccccc1. The fraction of sp³-hybridized carbons (Fsp3) is 0.242. The molecule has 5 aromatic rings. The lowest BCUT2D eigenvalue weighted by atomic mass is 9.86. The van der Waals surface area contributed by atoms with Crippen LogP contribution in [-0.2, 0) is 24.1 Å². The fourth-order valence-electron chi connectivity index (χ4n) is 4.56. The molecule has 1 atom stereocenters. The van der Waals surface area contributed by atoms with Gasteiger partial charge in [0.15, 0.2) is 5.58 Å². The molecule has 0 aliphatic carbocycles. The predicted octanol–water partition coefficient (Wildman–Crippen LogP) is 6.16. The van der Waals surface area contributed by atoms with Crippen molar-refractivity contribution in [1.82, 2.24) is 10.1 Å². The molecule has 0 radical (unpaired) electrons. The Labute approximate surface area is 250 Å². The average molecular weight is 587 g/mol. The molecule has 0 saturated heterocycles. The van der Waals surface area contributed by atoms with Gasteiger partial charge in [0.25, 0.3) is 0 Å². The minimum atomic E-state index is -0.888. The molecule has 2 heterocycles. The van der Waals surface area contributed by atoms with Crippen LogP contribution >= 0.6 is 11.6 Å². The van der Waals surface area contributed by atoms with E-state index in [1.165, 1.54) is 11.1 Å². The van der Waals surface area contributed by atoms with Crippen molar-refractivity contribution in [2.45, 2.75) is 44.2 Å². The first-order chi connectivity index (χ1) is 20.3. The van der Waals surface area contributed by atoms with Crippen LogP contribution in [0.1, 0.15) is 42.0 Å². The number of carbonyl (C=O) groups is 1. The molecule has 8 nitrogen and oxygen atoms in total. The van der Waals surface area contributed by atoms with Gasteiger partial charge in [-0.05, 0) is 49.1 Å². The van der Waals surface area contributed by atoms with Crippen LogP contribution in [0.4, 0.5) is 0 Å². The van der Waals surface area contributed by atoms with Crippen molar-refractivity contribution in [1.29, 1.82) is 0 Å². The molecule has 0 bridgehead atoms. The van der Waals surface area contributed by atoms with Crippen LogP contribution in [0.5, 0.6) is 5.75 Å². The van der Waals surface area contributed by atoms with E-state index >= 15 is 0 Å². The van der Waals surface area contributed by atoms with E-state index in [4.69, 9.17) is 37.4 Å². The molecule has 0 spiro atoms. The highest BCUT2D eigenvalue weighted by molar-refractivity contribution is 6.32. The maximum absolute atomic E-state index is 10.7. The standard InChI is InChI=1S/C17H15ClN2O4.C16H20N2/c1-10(13-4-2-3-7-19-13)23-16-9-15-11(8-12(16)18)14(20-24-15)5-6-17(21)22;17-13-16(18,11-14-7-3-1-4-8-14)12-15-9-5-2-6-10-15/h2-4,7-10H,5-6H2,1H3,(H,21,22);1-10H,11-13,17-18H2/t10-;/m1./s1. The van der Waals surface area contributed by atoms with Crippen LogP contribution in [0.2, 0.25) is 5.02 Å². The number of hydrogen-bond acceptors (Lipinski definition) is 7. The molecule has 0 aliphatic heterocycles. The average Bonchev–Trinajstić information content (AvgIpc) is 3.39. The van der Waals surface area contributed by atoms with Gasteiger partial charge in [-0.2, -0.15) is 0 Å². The Morgan fingerprint density at radius 2 is 1.62 bits per heavy atom. The summed E-state index contributed by atoms with van der Waals surface area (Å²) >= 11 is 6.30. The van der Waals surface area contributed by atoms with Gasteiger partial charge < -0.3 is 25.8 Å². The normalized spacial score (nSPS) is 11.9. The number of carboxylic acids is 1. The third-order valence-electron chi connectivity index (χ3n) is 6.79. The lowest BCUT2D eigenvalue weighted by molar-refractivity contribution is -0.136. The summed E-state index contributed by atoms with van der Waals surface area (Å²) in [6.45, 7) is 2.36. The summed E-state index contributed by atoms with van der Waals surface area (Å²) in [7, 11) is 0. The van der Waals surface area contributed by atoms with Crippen molar-refractivity contribution in [2.24, 2.45) is 11.5 Å². The van der Waals surface area contributed by atoms with Crippen LogP contribution < -0.4 is 16.2 Å². The van der Waals surface area contributed by atoms with Gasteiger partial charge in [-0.3, -0.25) is 9.78 Å². The second kappa shape index (κ2) is 14.6. The highest BCUT2D eigenvalue weighted by Crippen LogP contribution is 2.34. The molecule has 0 fully saturated rings. The monoisotopic (exact) mass is 586 g/mol. The molecular formula is C33H35ClN4O4. The van der Waals surface area contributed by atoms with Gasteiger partial charge in [-0.1, -0.05) is 83.5 Å². The number of fused-ring (bicyclic) bond motifs is 1. The molecule has 0 unspecified atom stereocenters. The number of hydrogen-bond donors (Lipinski definition) is 3. The molecule has 42 heavy (non-hydrogen) atoms. The third-order valence-corrected chi connectivity index (χ3v) is 7.08. The van der Waals surface area contributed by atoms with Crippen LogP contribution in [0.25, 0.3) is 11.0 Å². The van der Waals surface area contributed by atoms with E-state index in [1.54, 1.807) is 18.3 Å². The zero-order valence-corrected chi connectivity index (χ0v) is 24.2. The number of pyridine rings is 1. The first-order valence-corrected chi connectivity index (χ1v) is 14.1. The number of ether oxygens (including phenoxy) is 1. The number of aryl methyl sites for hydroxylation is 1. The highest BCUT2D eigenvalue weighted by Gasteiger charge is 2.24. The first-order valence-electron chi connectivity index (χ1n) is 13.7. The summed E-state index contributed by atoms with van der Waals surface area (Å²) in [5.41, 5.74) is 16.3. The molecule has 0 aliphatic rings. The molecule has 9 heteroatoms. The van der Waals surface area contributed by atoms with Gasteiger partial charge in [0.05, 0.1) is 22.8 Å². The largest absolute Gasteiger partial charge is 0.483 e. The quantitative estimate of drug-likeness (QED) is 0.167. The van der Waals surface area contributed by atoms with Crippen molar-refractivity contribution in [3.63, 3.8) is 0 Å². The Bertz CT molecular complexity index is 1520. The number of aromatic nitrogens is 2. The molecule has 0 saturated carbocycles. The van der Waals surface area contributed by atoms with Crippen LogP contribution in [0, 0.1) is 0 Å². The van der Waals surface area contributed by atoms with Crippen molar-refractivity contribution in [3.05, 3.63) is 125 Å². The van der Waals surface area contributed by atoms with E-state index in [1.807, 2.05) is 61.5 Å². The Balaban J connectivity index is 0.000000201. The van der Waals surface area contributed by atoms with Gasteiger partial charge >= 0.3 is 5.97 Å². The number of nitrogens with zero attached hydrogens (tertiary/aromatic N) is 2. The maximum Gasteiger partial charge on any atom is 0.303 e. The minimum Gasteiger partial charge on any atom is -0.483 e. The van der Waals surface area contributed by atoms with Crippen molar-refractivity contribution in [2.75, 3.05) is 6.54 Å². The minimum absolute atomic E-state index is 0.0196. The Kier molecular flexibility index (Phi) is 10.7. The van der Waals surface area contributed by atoms with E-state index in [-0.39, 0.29) is 24.5 Å². The lowest BCUT2D eigenvalue weighted by Crippen LogP contribution is -2.50. The number of nitrogens with two attached hydrogens (primary N) is 2. The van der Waals surface area contributed by atoms with Crippen molar-refractivity contribution < 1.29 is 19.2 Å². The summed E-state index contributed by atoms with van der Waals surface area (Å²) < 4.78 is 11.1. The van der Waals surface area contributed by atoms with Gasteiger partial charge in [0.2, 0.25) is 0 Å². The van der Waals surface area contributed by atoms with Crippen LogP contribution in [0.15, 0.2) is 102 Å². The second-order valence-electron chi connectivity index (χ2n) is 10.2. The molecule has 3 aromatic carbocycles. The van der Waals surface area contributed by atoms with E-state index in [2.05, 4.69) is 34.4 Å². The maximum atomic E-state index is 10.7. The fourth-order valence-corrected chi connectivity index (χ4v) is 4.77. The zero-order chi connectivity index (χ0) is 30.0. The smallest absolute Gasteiger partial charge is 0.303 e. The molecule has 2 aromatic heterocycles. The Morgan fingerprint density at radius 3 is 2.17 bits per heavy atom. The summed E-state index contributed by atoms with van der Waals surface area (Å²) in [6.07, 6.45) is 3.29. The van der Waals surface area contributed by atoms with E-state index in [0.717, 1.165) is 18.5 Å². The van der Waals surface area contributed by atoms with Gasteiger partial charge in [-0.25, -0.2) is 0 Å². The Morgan fingerprint density at radius 1 is 1.00 bits per heavy atom. The predicted molar refractivity (Wildman–Crippen MR) is 165 cm³/mol. The van der Waals surface area contributed by atoms with Crippen molar-refractivity contribution >= 4 is 28.5 Å². The number of aliphatic carboxylic acids is 1. The zero-order valence-electron chi connectivity index (χ0n) is 23.4. The number of carboxylic acid groups (broad SMARTS) is 1.